The van der Waals surface area contributed by atoms with Crippen LogP contribution in [0.15, 0.2) is 0 Å². The van der Waals surface area contributed by atoms with Crippen LogP contribution in [0.3, 0.4) is 0 Å². The van der Waals surface area contributed by atoms with Gasteiger partial charge >= 0.3 is 0 Å². The van der Waals surface area contributed by atoms with E-state index in [1.165, 1.54) is 0 Å². The van der Waals surface area contributed by atoms with Gasteiger partial charge in [-0.25, -0.2) is 0 Å². The lowest BCUT2D eigenvalue weighted by molar-refractivity contribution is -0.323. The van der Waals surface area contributed by atoms with Gasteiger partial charge in [0.2, 0.25) is 0 Å². The first kappa shape index (κ1) is 12.5. The van der Waals surface area contributed by atoms with Crippen LogP contribution in [0.25, 0.3) is 0 Å². The monoisotopic (exact) mass is 258 g/mol. The van der Waals surface area contributed by atoms with E-state index < -0.39 is 23.5 Å². The van der Waals surface area contributed by atoms with E-state index >= 15 is 0 Å². The number of ether oxygens (including phenoxy) is 5. The van der Waals surface area contributed by atoms with E-state index in [1.54, 1.807) is 13.8 Å². The standard InChI is InChI=1S/C12H18O6/c1-10(2)14-5-7-8(16-10)9-12(6-13,15-7)18-11(3,4)17-9/h6-9H,5H2,1-4H3/t7-,8+,9-,12-/m0/s1. The molecule has 0 radical (unpaired) electrons. The van der Waals surface area contributed by atoms with Gasteiger partial charge in [-0.2, -0.15) is 0 Å². The Hall–Kier alpha value is -0.530. The summed E-state index contributed by atoms with van der Waals surface area (Å²) in [4.78, 5) is 11.4. The van der Waals surface area contributed by atoms with Crippen LogP contribution < -0.4 is 0 Å². The third-order valence-electron chi connectivity index (χ3n) is 3.39. The first-order valence-corrected chi connectivity index (χ1v) is 6.11. The Kier molecular flexibility index (Phi) is 2.44. The van der Waals surface area contributed by atoms with Gasteiger partial charge in [0, 0.05) is 0 Å². The quantitative estimate of drug-likeness (QED) is 0.641. The number of hydrogen-bond donors (Lipinski definition) is 0. The molecule has 3 rings (SSSR count). The highest BCUT2D eigenvalue weighted by Gasteiger charge is 2.67. The summed E-state index contributed by atoms with van der Waals surface area (Å²) < 4.78 is 28.4. The van der Waals surface area contributed by atoms with E-state index in [0.717, 1.165) is 0 Å². The van der Waals surface area contributed by atoms with Gasteiger partial charge in [0.25, 0.3) is 5.79 Å². The van der Waals surface area contributed by atoms with Crippen LogP contribution in [0, 0.1) is 0 Å². The molecular weight excluding hydrogens is 240 g/mol. The van der Waals surface area contributed by atoms with Gasteiger partial charge in [0.05, 0.1) is 6.61 Å². The molecule has 0 aromatic heterocycles. The molecule has 0 amide bonds. The Morgan fingerprint density at radius 2 is 1.78 bits per heavy atom. The summed E-state index contributed by atoms with van der Waals surface area (Å²) in [6, 6.07) is 0. The van der Waals surface area contributed by atoms with Crippen molar-refractivity contribution in [2.75, 3.05) is 6.61 Å². The van der Waals surface area contributed by atoms with Crippen molar-refractivity contribution in [3.8, 4) is 0 Å². The first-order chi connectivity index (χ1) is 8.27. The SMILES string of the molecule is CC1(C)OC[C@@H]2O[C@@]3(C=O)OC(C)(C)O[C@H]3[C@@H]2O1. The fraction of sp³-hybridized carbons (Fsp3) is 0.917. The second kappa shape index (κ2) is 3.52. The molecule has 0 N–H and O–H groups in total. The van der Waals surface area contributed by atoms with Crippen molar-refractivity contribution in [3.05, 3.63) is 0 Å². The van der Waals surface area contributed by atoms with Crippen molar-refractivity contribution >= 4 is 6.29 Å². The number of carbonyl (C=O) groups excluding carboxylic acids is 1. The molecule has 0 bridgehead atoms. The van der Waals surface area contributed by atoms with Crippen LogP contribution >= 0.6 is 0 Å². The van der Waals surface area contributed by atoms with E-state index in [0.29, 0.717) is 12.9 Å². The molecule has 3 saturated heterocycles. The molecule has 3 aliphatic heterocycles. The van der Waals surface area contributed by atoms with E-state index in [2.05, 4.69) is 0 Å². The van der Waals surface area contributed by atoms with Crippen molar-refractivity contribution in [2.45, 2.75) is 63.4 Å². The van der Waals surface area contributed by atoms with Crippen LogP contribution in [-0.4, -0.2) is 48.6 Å². The number of aldehydes is 1. The summed E-state index contributed by atoms with van der Waals surface area (Å²) in [5.74, 6) is -2.94. The summed E-state index contributed by atoms with van der Waals surface area (Å²) in [6.45, 7) is 7.51. The van der Waals surface area contributed by atoms with Crippen LogP contribution in [0.5, 0.6) is 0 Å². The minimum Gasteiger partial charge on any atom is -0.348 e. The molecule has 0 aromatic carbocycles. The molecule has 18 heavy (non-hydrogen) atoms. The molecule has 0 unspecified atom stereocenters. The van der Waals surface area contributed by atoms with Crippen molar-refractivity contribution in [1.82, 2.24) is 0 Å². The molecule has 0 aromatic rings. The molecule has 0 spiro atoms. The molecule has 6 heteroatoms. The molecule has 4 atom stereocenters. The molecule has 0 aliphatic carbocycles. The average Bonchev–Trinajstić information content (AvgIpc) is 2.66. The zero-order valence-corrected chi connectivity index (χ0v) is 11.0. The van der Waals surface area contributed by atoms with Crippen LogP contribution in [0.2, 0.25) is 0 Å². The van der Waals surface area contributed by atoms with Crippen LogP contribution in [0.1, 0.15) is 27.7 Å². The molecule has 0 saturated carbocycles. The Labute approximate surface area is 105 Å². The van der Waals surface area contributed by atoms with Gasteiger partial charge in [0.1, 0.15) is 12.2 Å². The lowest BCUT2D eigenvalue weighted by Gasteiger charge is -2.38. The molecule has 3 aliphatic rings. The summed E-state index contributed by atoms with van der Waals surface area (Å²) >= 11 is 0. The number of fused-ring (bicyclic) bond motifs is 3. The minimum atomic E-state index is -1.37. The first-order valence-electron chi connectivity index (χ1n) is 6.11. The van der Waals surface area contributed by atoms with Gasteiger partial charge in [-0.15, -0.1) is 0 Å². The summed E-state index contributed by atoms with van der Waals surface area (Å²) in [7, 11) is 0. The topological polar surface area (TPSA) is 63.2 Å². The van der Waals surface area contributed by atoms with Crippen molar-refractivity contribution in [2.24, 2.45) is 0 Å². The Bertz CT molecular complexity index is 379. The fourth-order valence-electron chi connectivity index (χ4n) is 2.77. The zero-order chi connectivity index (χ0) is 13.2. The smallest absolute Gasteiger partial charge is 0.258 e. The molecule has 6 nitrogen and oxygen atoms in total. The van der Waals surface area contributed by atoms with E-state index in [4.69, 9.17) is 23.7 Å². The molecule has 3 fully saturated rings. The second-order valence-corrected chi connectivity index (χ2v) is 5.83. The molecular formula is C12H18O6. The van der Waals surface area contributed by atoms with Crippen molar-refractivity contribution < 1.29 is 28.5 Å². The number of rotatable bonds is 1. The third kappa shape index (κ3) is 1.71. The predicted molar refractivity (Wildman–Crippen MR) is 58.6 cm³/mol. The highest BCUT2D eigenvalue weighted by molar-refractivity contribution is 5.63. The zero-order valence-electron chi connectivity index (χ0n) is 11.0. The lowest BCUT2D eigenvalue weighted by atomic mass is 10.0. The van der Waals surface area contributed by atoms with Crippen LogP contribution in [-0.2, 0) is 28.5 Å². The molecule has 102 valence electrons. The average molecular weight is 258 g/mol. The maximum Gasteiger partial charge on any atom is 0.258 e. The van der Waals surface area contributed by atoms with Gasteiger partial charge in [-0.3, -0.25) is 4.79 Å². The number of carbonyl (C=O) groups is 1. The highest BCUT2D eigenvalue weighted by atomic mass is 16.9. The van der Waals surface area contributed by atoms with Gasteiger partial charge < -0.3 is 23.7 Å². The van der Waals surface area contributed by atoms with Crippen LogP contribution in [0.4, 0.5) is 0 Å². The maximum absolute atomic E-state index is 11.4. The Morgan fingerprint density at radius 3 is 2.44 bits per heavy atom. The largest absolute Gasteiger partial charge is 0.348 e. The van der Waals surface area contributed by atoms with Gasteiger partial charge in [-0.1, -0.05) is 0 Å². The van der Waals surface area contributed by atoms with Crippen molar-refractivity contribution in [3.63, 3.8) is 0 Å². The predicted octanol–water partition coefficient (Wildman–Crippen LogP) is 0.583. The summed E-state index contributed by atoms with van der Waals surface area (Å²) in [5, 5.41) is 0. The van der Waals surface area contributed by atoms with Gasteiger partial charge in [0.15, 0.2) is 24.0 Å². The summed E-state index contributed by atoms with van der Waals surface area (Å²) in [6.07, 6.45) is -0.607. The highest BCUT2D eigenvalue weighted by Crippen LogP contribution is 2.47. The number of hydrogen-bond acceptors (Lipinski definition) is 6. The lowest BCUT2D eigenvalue weighted by Crippen LogP contribution is -2.51. The molecule has 3 heterocycles. The second-order valence-electron chi connectivity index (χ2n) is 5.83. The Balaban J connectivity index is 1.91. The third-order valence-corrected chi connectivity index (χ3v) is 3.39. The minimum absolute atomic E-state index is 0.343. The van der Waals surface area contributed by atoms with Crippen molar-refractivity contribution in [1.29, 1.82) is 0 Å². The fourth-order valence-corrected chi connectivity index (χ4v) is 2.77. The summed E-state index contributed by atoms with van der Waals surface area (Å²) in [5.41, 5.74) is 0. The Morgan fingerprint density at radius 1 is 1.06 bits per heavy atom. The van der Waals surface area contributed by atoms with E-state index in [1.807, 2.05) is 13.8 Å². The van der Waals surface area contributed by atoms with E-state index in [9.17, 15) is 4.79 Å². The normalized spacial score (nSPS) is 48.6. The maximum atomic E-state index is 11.4. The van der Waals surface area contributed by atoms with Gasteiger partial charge in [-0.05, 0) is 27.7 Å². The van der Waals surface area contributed by atoms with E-state index in [-0.39, 0.29) is 12.2 Å².